The van der Waals surface area contributed by atoms with Crippen LogP contribution in [0.2, 0.25) is 0 Å². The third-order valence-corrected chi connectivity index (χ3v) is 4.82. The maximum absolute atomic E-state index is 11.1. The van der Waals surface area contributed by atoms with Gasteiger partial charge in [-0.05, 0) is 34.9 Å². The van der Waals surface area contributed by atoms with Crippen molar-refractivity contribution in [2.75, 3.05) is 13.2 Å². The fourth-order valence-corrected chi connectivity index (χ4v) is 3.31. The number of nitrogens with zero attached hydrogens (tertiary/aromatic N) is 7. The number of hydrogen-bond donors (Lipinski definition) is 0. The average molecular weight is 449 g/mol. The van der Waals surface area contributed by atoms with E-state index in [4.69, 9.17) is 9.47 Å². The third-order valence-electron chi connectivity index (χ3n) is 4.82. The van der Waals surface area contributed by atoms with Crippen LogP contribution in [0.15, 0.2) is 42.7 Å². The van der Waals surface area contributed by atoms with Gasteiger partial charge in [0.05, 0.1) is 30.2 Å². The Hall–Kier alpha value is -4.15. The van der Waals surface area contributed by atoms with Crippen molar-refractivity contribution < 1.29 is 14.4 Å². The van der Waals surface area contributed by atoms with Crippen molar-refractivity contribution in [1.82, 2.24) is 30.2 Å². The Labute approximate surface area is 189 Å². The fraction of sp³-hybridized carbons (Fsp3) is 0.318. The molecule has 0 saturated heterocycles. The lowest BCUT2D eigenvalue weighted by Gasteiger charge is -2.14. The minimum atomic E-state index is -0.433. The van der Waals surface area contributed by atoms with Crippen molar-refractivity contribution in [2.45, 2.75) is 33.2 Å². The molecule has 11 nitrogen and oxygen atoms in total. The van der Waals surface area contributed by atoms with Gasteiger partial charge in [-0.25, -0.2) is 14.6 Å². The number of rotatable bonds is 10. The van der Waals surface area contributed by atoms with E-state index in [0.717, 1.165) is 12.8 Å². The molecule has 2 aromatic carbocycles. The van der Waals surface area contributed by atoms with Crippen molar-refractivity contribution in [3.8, 4) is 23.0 Å². The van der Waals surface area contributed by atoms with Crippen molar-refractivity contribution in [3.63, 3.8) is 0 Å². The van der Waals surface area contributed by atoms with Crippen molar-refractivity contribution in [2.24, 2.45) is 0 Å². The highest BCUT2D eigenvalue weighted by Crippen LogP contribution is 2.35. The molecule has 4 rings (SSSR count). The van der Waals surface area contributed by atoms with E-state index < -0.39 is 4.92 Å². The van der Waals surface area contributed by atoms with Crippen LogP contribution in [0.1, 0.15) is 32.3 Å². The Morgan fingerprint density at radius 1 is 1.03 bits per heavy atom. The van der Waals surface area contributed by atoms with Gasteiger partial charge in [0.15, 0.2) is 11.5 Å². The summed E-state index contributed by atoms with van der Waals surface area (Å²) in [7, 11) is 0. The molecule has 0 aliphatic heterocycles. The predicted octanol–water partition coefficient (Wildman–Crippen LogP) is 3.82. The molecule has 0 atom stereocenters. The first-order valence-electron chi connectivity index (χ1n) is 10.6. The Bertz CT molecular complexity index is 1270. The molecular formula is C22H23N7O4. The number of nitro groups is 1. The fourth-order valence-electron chi connectivity index (χ4n) is 3.31. The second kappa shape index (κ2) is 9.98. The van der Waals surface area contributed by atoms with E-state index in [1.807, 2.05) is 26.0 Å². The summed E-state index contributed by atoms with van der Waals surface area (Å²) in [6.07, 6.45) is 3.16. The van der Waals surface area contributed by atoms with Crippen LogP contribution in [0.5, 0.6) is 11.5 Å². The summed E-state index contributed by atoms with van der Waals surface area (Å²) in [6.45, 7) is 5.42. The van der Waals surface area contributed by atoms with Gasteiger partial charge in [-0.15, -0.1) is 5.10 Å². The van der Waals surface area contributed by atoms with Gasteiger partial charge < -0.3 is 9.47 Å². The van der Waals surface area contributed by atoms with E-state index in [-0.39, 0.29) is 12.2 Å². The minimum absolute atomic E-state index is 0.00642. The first-order chi connectivity index (χ1) is 16.1. The maximum atomic E-state index is 11.1. The van der Waals surface area contributed by atoms with Crippen LogP contribution in [-0.2, 0) is 6.54 Å². The van der Waals surface area contributed by atoms with Gasteiger partial charge in [0.1, 0.15) is 12.0 Å². The predicted molar refractivity (Wildman–Crippen MR) is 120 cm³/mol. The first kappa shape index (κ1) is 22.1. The second-order valence-corrected chi connectivity index (χ2v) is 7.32. The van der Waals surface area contributed by atoms with Gasteiger partial charge >= 0.3 is 0 Å². The molecule has 0 spiro atoms. The smallest absolute Gasteiger partial charge is 0.269 e. The zero-order valence-electron chi connectivity index (χ0n) is 18.3. The third kappa shape index (κ3) is 4.86. The Balaban J connectivity index is 1.75. The lowest BCUT2D eigenvalue weighted by Crippen LogP contribution is -2.06. The highest BCUT2D eigenvalue weighted by molar-refractivity contribution is 5.92. The molecular weight excluding hydrogens is 426 g/mol. The molecule has 0 radical (unpaired) electrons. The number of benzene rings is 2. The van der Waals surface area contributed by atoms with Crippen molar-refractivity contribution >= 4 is 16.6 Å². The number of tetrazole rings is 1. The minimum Gasteiger partial charge on any atom is -0.490 e. The Kier molecular flexibility index (Phi) is 6.67. The summed E-state index contributed by atoms with van der Waals surface area (Å²) in [5, 5.41) is 23.9. The second-order valence-electron chi connectivity index (χ2n) is 7.32. The van der Waals surface area contributed by atoms with Crippen LogP contribution in [0.25, 0.3) is 22.4 Å². The Morgan fingerprint density at radius 3 is 2.52 bits per heavy atom. The first-order valence-corrected chi connectivity index (χ1v) is 10.6. The van der Waals surface area contributed by atoms with Gasteiger partial charge in [0, 0.05) is 23.6 Å². The van der Waals surface area contributed by atoms with E-state index in [0.29, 0.717) is 52.7 Å². The summed E-state index contributed by atoms with van der Waals surface area (Å²) in [4.78, 5) is 19.5. The van der Waals surface area contributed by atoms with Gasteiger partial charge in [-0.1, -0.05) is 26.0 Å². The van der Waals surface area contributed by atoms with Crippen LogP contribution in [0, 0.1) is 10.1 Å². The van der Waals surface area contributed by atoms with E-state index in [9.17, 15) is 10.1 Å². The van der Waals surface area contributed by atoms with E-state index in [2.05, 4.69) is 25.5 Å². The maximum Gasteiger partial charge on any atom is 0.269 e. The molecule has 2 aromatic heterocycles. The number of hydrogen-bond acceptors (Lipinski definition) is 9. The summed E-state index contributed by atoms with van der Waals surface area (Å²) in [6, 6.07) is 10.0. The molecule has 0 fully saturated rings. The standard InChI is InChI=1S/C22H23N7O4/c1-3-8-32-19-11-17-18(12-20(19)33-9-4-2)23-14-24-21(17)22-25-26-27-28(22)13-15-6-5-7-16(10-15)29(30)31/h5-7,10-12,14H,3-4,8-9,13H2,1-2H3. The van der Waals surface area contributed by atoms with E-state index in [1.165, 1.54) is 18.5 Å². The van der Waals surface area contributed by atoms with Gasteiger partial charge in [0.25, 0.3) is 5.69 Å². The highest BCUT2D eigenvalue weighted by Gasteiger charge is 2.18. The number of ether oxygens (including phenoxy) is 2. The molecule has 33 heavy (non-hydrogen) atoms. The van der Waals surface area contributed by atoms with Gasteiger partial charge in [-0.3, -0.25) is 10.1 Å². The zero-order chi connectivity index (χ0) is 23.2. The summed E-state index contributed by atoms with van der Waals surface area (Å²) >= 11 is 0. The van der Waals surface area contributed by atoms with Crippen LogP contribution in [-0.4, -0.2) is 48.3 Å². The molecule has 0 aliphatic carbocycles. The lowest BCUT2D eigenvalue weighted by molar-refractivity contribution is -0.384. The summed E-state index contributed by atoms with van der Waals surface area (Å²) in [5.41, 5.74) is 1.89. The number of nitro benzene ring substituents is 1. The summed E-state index contributed by atoms with van der Waals surface area (Å²) in [5.74, 6) is 1.64. The highest BCUT2D eigenvalue weighted by atomic mass is 16.6. The topological polar surface area (TPSA) is 131 Å². The average Bonchev–Trinajstić information content (AvgIpc) is 3.28. The zero-order valence-corrected chi connectivity index (χ0v) is 18.3. The molecule has 170 valence electrons. The van der Waals surface area contributed by atoms with Crippen LogP contribution in [0.4, 0.5) is 5.69 Å². The van der Waals surface area contributed by atoms with Crippen LogP contribution >= 0.6 is 0 Å². The Morgan fingerprint density at radius 2 is 1.79 bits per heavy atom. The largest absolute Gasteiger partial charge is 0.490 e. The van der Waals surface area contributed by atoms with Crippen LogP contribution < -0.4 is 9.47 Å². The quantitative estimate of drug-likeness (QED) is 0.262. The molecule has 0 aliphatic rings. The molecule has 0 unspecified atom stereocenters. The summed E-state index contributed by atoms with van der Waals surface area (Å²) < 4.78 is 13.3. The van der Waals surface area contributed by atoms with Gasteiger partial charge in [-0.2, -0.15) is 0 Å². The van der Waals surface area contributed by atoms with Gasteiger partial charge in [0.2, 0.25) is 5.82 Å². The molecule has 0 amide bonds. The monoisotopic (exact) mass is 449 g/mol. The molecule has 2 heterocycles. The number of fused-ring (bicyclic) bond motifs is 1. The van der Waals surface area contributed by atoms with E-state index >= 15 is 0 Å². The molecule has 11 heteroatoms. The van der Waals surface area contributed by atoms with E-state index in [1.54, 1.807) is 16.8 Å². The molecule has 4 aromatic rings. The van der Waals surface area contributed by atoms with Crippen molar-refractivity contribution in [1.29, 1.82) is 0 Å². The van der Waals surface area contributed by atoms with Crippen molar-refractivity contribution in [3.05, 3.63) is 58.4 Å². The normalized spacial score (nSPS) is 11.0. The molecule has 0 N–H and O–H groups in total. The molecule has 0 saturated carbocycles. The number of non-ortho nitro benzene ring substituents is 1. The molecule has 0 bridgehead atoms. The lowest BCUT2D eigenvalue weighted by atomic mass is 10.1. The SMILES string of the molecule is CCCOc1cc2ncnc(-c3nnnn3Cc3cccc([N+](=O)[O-])c3)c2cc1OCCC. The number of aromatic nitrogens is 6. The van der Waals surface area contributed by atoms with Crippen LogP contribution in [0.3, 0.4) is 0 Å².